The van der Waals surface area contributed by atoms with Crippen molar-refractivity contribution in [2.24, 2.45) is 0 Å². The number of aromatic nitrogens is 2. The van der Waals surface area contributed by atoms with E-state index in [0.29, 0.717) is 23.7 Å². The molecule has 1 amide bonds. The predicted molar refractivity (Wildman–Crippen MR) is 81.0 cm³/mol. The highest BCUT2D eigenvalue weighted by Crippen LogP contribution is 2.24. The van der Waals surface area contributed by atoms with Crippen LogP contribution in [0.25, 0.3) is 0 Å². The molecule has 7 nitrogen and oxygen atoms in total. The molecule has 8 heteroatoms. The molecule has 2 rings (SSSR count). The summed E-state index contributed by atoms with van der Waals surface area (Å²) < 4.78 is 10.4. The summed E-state index contributed by atoms with van der Waals surface area (Å²) in [6.45, 7) is 0.304. The van der Waals surface area contributed by atoms with E-state index in [0.717, 1.165) is 5.56 Å². The lowest BCUT2D eigenvalue weighted by molar-refractivity contribution is 0.0946. The molecule has 4 N–H and O–H groups in total. The Kier molecular flexibility index (Phi) is 5.86. The number of amides is 1. The first-order chi connectivity index (χ1) is 9.65. The quantitative estimate of drug-likeness (QED) is 0.773. The third kappa shape index (κ3) is 3.79. The normalized spacial score (nSPS) is 9.62. The van der Waals surface area contributed by atoms with Crippen LogP contribution < -0.4 is 20.5 Å². The molecule has 0 aliphatic rings. The molecular weight excluding hydrogens is 296 g/mol. The summed E-state index contributed by atoms with van der Waals surface area (Å²) in [5.41, 5.74) is 6.93. The van der Waals surface area contributed by atoms with Crippen LogP contribution in [-0.4, -0.2) is 30.3 Å². The standard InChI is InChI=1S/C13H16N4O3.ClH/c1-19-9-4-3-8(11(5-9)20-2)6-15-13(18)12-10(14)7-16-17-12;/h3-5,7H,6,14H2,1-2H3,(H,15,18)(H,16,17);1H. The van der Waals surface area contributed by atoms with Crippen LogP contribution in [0.4, 0.5) is 5.69 Å². The lowest BCUT2D eigenvalue weighted by Gasteiger charge is -2.11. The van der Waals surface area contributed by atoms with Crippen LogP contribution in [0, 0.1) is 0 Å². The highest BCUT2D eigenvalue weighted by atomic mass is 35.5. The Morgan fingerprint density at radius 2 is 2.14 bits per heavy atom. The maximum Gasteiger partial charge on any atom is 0.274 e. The number of ether oxygens (including phenoxy) is 2. The van der Waals surface area contributed by atoms with Gasteiger partial charge in [0, 0.05) is 24.4 Å². The third-order valence-electron chi connectivity index (χ3n) is 2.82. The molecule has 0 aliphatic heterocycles. The first-order valence-electron chi connectivity index (χ1n) is 5.94. The van der Waals surface area contributed by atoms with E-state index in [4.69, 9.17) is 15.2 Å². The summed E-state index contributed by atoms with van der Waals surface area (Å²) in [6, 6.07) is 5.38. The molecule has 0 fully saturated rings. The van der Waals surface area contributed by atoms with Crippen molar-refractivity contribution >= 4 is 24.0 Å². The van der Waals surface area contributed by atoms with E-state index in [1.165, 1.54) is 6.20 Å². The second-order valence-corrected chi connectivity index (χ2v) is 4.05. The number of aromatic amines is 1. The van der Waals surface area contributed by atoms with Gasteiger partial charge in [0.2, 0.25) is 0 Å². The van der Waals surface area contributed by atoms with E-state index in [2.05, 4.69) is 15.5 Å². The molecule has 2 aromatic rings. The Balaban J connectivity index is 0.00000220. The molecule has 0 aliphatic carbocycles. The van der Waals surface area contributed by atoms with Crippen molar-refractivity contribution in [2.75, 3.05) is 20.0 Å². The lowest BCUT2D eigenvalue weighted by atomic mass is 10.2. The molecule has 0 unspecified atom stereocenters. The number of nitrogens with zero attached hydrogens (tertiary/aromatic N) is 1. The number of rotatable bonds is 5. The average molecular weight is 313 g/mol. The number of hydrogen-bond donors (Lipinski definition) is 3. The maximum atomic E-state index is 11.9. The fourth-order valence-corrected chi connectivity index (χ4v) is 1.74. The topological polar surface area (TPSA) is 102 Å². The number of anilines is 1. The zero-order valence-electron chi connectivity index (χ0n) is 11.7. The molecule has 1 aromatic carbocycles. The number of nitrogen functional groups attached to an aromatic ring is 1. The zero-order valence-corrected chi connectivity index (χ0v) is 12.5. The van der Waals surface area contributed by atoms with Crippen molar-refractivity contribution in [3.63, 3.8) is 0 Å². The molecule has 114 valence electrons. The van der Waals surface area contributed by atoms with E-state index in [9.17, 15) is 4.79 Å². The summed E-state index contributed by atoms with van der Waals surface area (Å²) in [5, 5.41) is 9.05. The molecule has 21 heavy (non-hydrogen) atoms. The number of halogens is 1. The van der Waals surface area contributed by atoms with Crippen molar-refractivity contribution in [1.29, 1.82) is 0 Å². The Morgan fingerprint density at radius 1 is 1.38 bits per heavy atom. The minimum atomic E-state index is -0.346. The van der Waals surface area contributed by atoms with Gasteiger partial charge >= 0.3 is 0 Å². The average Bonchev–Trinajstić information content (AvgIpc) is 2.90. The number of nitrogens with two attached hydrogens (primary N) is 1. The summed E-state index contributed by atoms with van der Waals surface area (Å²) in [6.07, 6.45) is 1.46. The fraction of sp³-hybridized carbons (Fsp3) is 0.231. The molecule has 0 atom stereocenters. The second kappa shape index (κ2) is 7.39. The fourth-order valence-electron chi connectivity index (χ4n) is 1.74. The lowest BCUT2D eigenvalue weighted by Crippen LogP contribution is -2.24. The molecule has 0 spiro atoms. The highest BCUT2D eigenvalue weighted by Gasteiger charge is 2.13. The highest BCUT2D eigenvalue weighted by molar-refractivity contribution is 5.96. The minimum Gasteiger partial charge on any atom is -0.497 e. The molecule has 1 heterocycles. The summed E-state index contributed by atoms with van der Waals surface area (Å²) in [4.78, 5) is 11.9. The SMILES string of the molecule is COc1ccc(CNC(=O)c2n[nH]cc2N)c(OC)c1.Cl. The van der Waals surface area contributed by atoms with Gasteiger partial charge in [-0.15, -0.1) is 12.4 Å². The van der Waals surface area contributed by atoms with Gasteiger partial charge in [0.05, 0.1) is 19.9 Å². The van der Waals surface area contributed by atoms with Gasteiger partial charge in [-0.2, -0.15) is 5.10 Å². The van der Waals surface area contributed by atoms with E-state index in [-0.39, 0.29) is 24.0 Å². The van der Waals surface area contributed by atoms with Crippen molar-refractivity contribution in [2.45, 2.75) is 6.54 Å². The predicted octanol–water partition coefficient (Wildman–Crippen LogP) is 1.36. The van der Waals surface area contributed by atoms with E-state index < -0.39 is 0 Å². The van der Waals surface area contributed by atoms with E-state index in [1.807, 2.05) is 6.07 Å². The van der Waals surface area contributed by atoms with Gasteiger partial charge in [-0.25, -0.2) is 0 Å². The van der Waals surface area contributed by atoms with Crippen LogP contribution in [0.3, 0.4) is 0 Å². The number of methoxy groups -OCH3 is 2. The number of carbonyl (C=O) groups is 1. The smallest absolute Gasteiger partial charge is 0.274 e. The molecule has 1 aromatic heterocycles. The molecule has 0 bridgehead atoms. The van der Waals surface area contributed by atoms with Crippen molar-refractivity contribution in [3.05, 3.63) is 35.7 Å². The van der Waals surface area contributed by atoms with E-state index in [1.54, 1.807) is 26.4 Å². The minimum absolute atomic E-state index is 0. The van der Waals surface area contributed by atoms with Crippen LogP contribution >= 0.6 is 12.4 Å². The van der Waals surface area contributed by atoms with Gasteiger partial charge in [-0.1, -0.05) is 0 Å². The Labute approximate surface area is 128 Å². The Hall–Kier alpha value is -2.41. The number of hydrogen-bond acceptors (Lipinski definition) is 5. The maximum absolute atomic E-state index is 11.9. The molecule has 0 saturated heterocycles. The number of benzene rings is 1. The van der Waals surface area contributed by atoms with Gasteiger partial charge in [0.25, 0.3) is 5.91 Å². The zero-order chi connectivity index (χ0) is 14.5. The van der Waals surface area contributed by atoms with Gasteiger partial charge in [0.15, 0.2) is 5.69 Å². The Morgan fingerprint density at radius 3 is 2.71 bits per heavy atom. The summed E-state index contributed by atoms with van der Waals surface area (Å²) in [5.74, 6) is 0.981. The first-order valence-corrected chi connectivity index (χ1v) is 5.94. The van der Waals surface area contributed by atoms with Gasteiger partial charge in [-0.05, 0) is 12.1 Å². The van der Waals surface area contributed by atoms with E-state index >= 15 is 0 Å². The van der Waals surface area contributed by atoms with Crippen LogP contribution in [0.5, 0.6) is 11.5 Å². The van der Waals surface area contributed by atoms with Gasteiger partial charge < -0.3 is 20.5 Å². The van der Waals surface area contributed by atoms with Crippen LogP contribution in [0.2, 0.25) is 0 Å². The third-order valence-corrected chi connectivity index (χ3v) is 2.82. The monoisotopic (exact) mass is 312 g/mol. The van der Waals surface area contributed by atoms with Crippen molar-refractivity contribution < 1.29 is 14.3 Å². The number of nitrogens with one attached hydrogen (secondary N) is 2. The molecular formula is C13H17ClN4O3. The van der Waals surface area contributed by atoms with Crippen LogP contribution in [-0.2, 0) is 6.54 Å². The van der Waals surface area contributed by atoms with Crippen molar-refractivity contribution in [3.8, 4) is 11.5 Å². The molecule has 0 radical (unpaired) electrons. The van der Waals surface area contributed by atoms with Crippen LogP contribution in [0.15, 0.2) is 24.4 Å². The largest absolute Gasteiger partial charge is 0.497 e. The Bertz CT molecular complexity index is 615. The summed E-state index contributed by atoms with van der Waals surface area (Å²) >= 11 is 0. The van der Waals surface area contributed by atoms with Gasteiger partial charge in [0.1, 0.15) is 11.5 Å². The number of carbonyl (C=O) groups excluding carboxylic acids is 1. The number of H-pyrrole nitrogens is 1. The first kappa shape index (κ1) is 16.6. The van der Waals surface area contributed by atoms with Crippen molar-refractivity contribution in [1.82, 2.24) is 15.5 Å². The molecule has 0 saturated carbocycles. The second-order valence-electron chi connectivity index (χ2n) is 4.05. The van der Waals surface area contributed by atoms with Crippen LogP contribution in [0.1, 0.15) is 16.1 Å². The van der Waals surface area contributed by atoms with Gasteiger partial charge in [-0.3, -0.25) is 9.89 Å². The summed E-state index contributed by atoms with van der Waals surface area (Å²) in [7, 11) is 3.14.